The third kappa shape index (κ3) is 4.00. The van der Waals surface area contributed by atoms with Crippen molar-refractivity contribution in [3.63, 3.8) is 0 Å². The average Bonchev–Trinajstić information content (AvgIpc) is 3.26. The number of H-pyrrole nitrogens is 1. The molecule has 0 spiro atoms. The minimum absolute atomic E-state index is 0.372. The summed E-state index contributed by atoms with van der Waals surface area (Å²) in [4.78, 5) is 19.2. The van der Waals surface area contributed by atoms with Crippen LogP contribution in [0, 0.1) is 0 Å². The van der Waals surface area contributed by atoms with E-state index in [1.807, 2.05) is 18.3 Å². The number of aromatic nitrogens is 3. The molecular weight excluding hydrogens is 408 g/mol. The van der Waals surface area contributed by atoms with Gasteiger partial charge in [-0.3, -0.25) is 4.90 Å². The molecule has 2 aromatic carbocycles. The number of aryl methyl sites for hydroxylation is 1. The summed E-state index contributed by atoms with van der Waals surface area (Å²) in [6.45, 7) is 4.68. The Labute approximate surface area is 185 Å². The summed E-state index contributed by atoms with van der Waals surface area (Å²) in [5, 5.41) is 10.9. The highest BCUT2D eigenvalue weighted by molar-refractivity contribution is 6.03. The Morgan fingerprint density at radius 3 is 2.81 bits per heavy atom. The Balaban J connectivity index is 1.48. The molecule has 8 nitrogen and oxygen atoms in total. The van der Waals surface area contributed by atoms with Gasteiger partial charge >= 0.3 is 0 Å². The van der Waals surface area contributed by atoms with Gasteiger partial charge in [0.25, 0.3) is 0 Å². The molecule has 166 valence electrons. The topological polar surface area (TPSA) is 92.7 Å². The molecule has 1 aliphatic rings. The fourth-order valence-corrected chi connectivity index (χ4v) is 4.40. The van der Waals surface area contributed by atoms with E-state index in [1.165, 1.54) is 0 Å². The van der Waals surface area contributed by atoms with Gasteiger partial charge in [0.1, 0.15) is 12.1 Å². The van der Waals surface area contributed by atoms with Gasteiger partial charge in [0.15, 0.2) is 5.75 Å². The second kappa shape index (κ2) is 9.12. The second-order valence-corrected chi connectivity index (χ2v) is 7.96. The molecule has 0 radical (unpaired) electrons. The SMILES string of the molecule is COc1cc2c(-c3c[nH]c4ccc(OO)cc34)ncnc2cc1CCCN1CCOCC1. The zero-order valence-electron chi connectivity index (χ0n) is 18.0. The lowest BCUT2D eigenvalue weighted by Crippen LogP contribution is -2.36. The van der Waals surface area contributed by atoms with Gasteiger partial charge in [-0.1, -0.05) is 0 Å². The van der Waals surface area contributed by atoms with Crippen molar-refractivity contribution in [3.05, 3.63) is 48.4 Å². The second-order valence-electron chi connectivity index (χ2n) is 7.96. The normalized spacial score (nSPS) is 14.8. The first-order chi connectivity index (χ1) is 15.8. The van der Waals surface area contributed by atoms with Gasteiger partial charge in [-0.25, -0.2) is 15.2 Å². The molecule has 2 N–H and O–H groups in total. The van der Waals surface area contributed by atoms with Crippen LogP contribution in [0.1, 0.15) is 12.0 Å². The van der Waals surface area contributed by atoms with Crippen LogP contribution < -0.4 is 9.62 Å². The number of fused-ring (bicyclic) bond motifs is 2. The molecule has 1 fully saturated rings. The summed E-state index contributed by atoms with van der Waals surface area (Å²) >= 11 is 0. The van der Waals surface area contributed by atoms with E-state index in [0.29, 0.717) is 5.75 Å². The van der Waals surface area contributed by atoms with E-state index in [-0.39, 0.29) is 0 Å². The highest BCUT2D eigenvalue weighted by Crippen LogP contribution is 2.36. The number of benzene rings is 2. The Morgan fingerprint density at radius 2 is 2.00 bits per heavy atom. The van der Waals surface area contributed by atoms with E-state index in [1.54, 1.807) is 25.6 Å². The third-order valence-electron chi connectivity index (χ3n) is 6.08. The molecule has 32 heavy (non-hydrogen) atoms. The van der Waals surface area contributed by atoms with Crippen LogP contribution in [-0.4, -0.2) is 65.1 Å². The van der Waals surface area contributed by atoms with Crippen molar-refractivity contribution in [3.8, 4) is 22.8 Å². The Kier molecular flexibility index (Phi) is 5.89. The van der Waals surface area contributed by atoms with Crippen molar-refractivity contribution < 1.29 is 19.6 Å². The van der Waals surface area contributed by atoms with Crippen molar-refractivity contribution in [1.29, 1.82) is 0 Å². The zero-order valence-corrected chi connectivity index (χ0v) is 18.0. The lowest BCUT2D eigenvalue weighted by molar-refractivity contribution is -0.137. The minimum atomic E-state index is 0.372. The zero-order chi connectivity index (χ0) is 21.9. The number of nitrogens with zero attached hydrogens (tertiary/aromatic N) is 3. The van der Waals surface area contributed by atoms with Crippen molar-refractivity contribution in [2.75, 3.05) is 40.0 Å². The Bertz CT molecular complexity index is 1230. The molecular formula is C24H26N4O4. The maximum atomic E-state index is 9.06. The standard InChI is InChI=1S/C24H26N4O4/c1-30-23-13-19-22(11-16(23)3-2-6-28-7-9-31-10-8-28)26-15-27-24(19)20-14-25-21-5-4-17(32-29)12-18(20)21/h4-5,11-15,25,29H,2-3,6-10H2,1H3. The summed E-state index contributed by atoms with van der Waals surface area (Å²) in [6, 6.07) is 9.48. The molecule has 0 bridgehead atoms. The van der Waals surface area contributed by atoms with E-state index in [0.717, 1.165) is 90.1 Å². The van der Waals surface area contributed by atoms with Crippen LogP contribution in [-0.2, 0) is 11.2 Å². The Morgan fingerprint density at radius 1 is 1.12 bits per heavy atom. The lowest BCUT2D eigenvalue weighted by Gasteiger charge is -2.26. The molecule has 0 aliphatic carbocycles. The maximum absolute atomic E-state index is 9.06. The van der Waals surface area contributed by atoms with E-state index in [2.05, 4.69) is 30.8 Å². The van der Waals surface area contributed by atoms with Crippen LogP contribution >= 0.6 is 0 Å². The molecule has 0 unspecified atom stereocenters. The molecule has 1 saturated heterocycles. The summed E-state index contributed by atoms with van der Waals surface area (Å²) < 4.78 is 11.2. The first kappa shape index (κ1) is 20.7. The van der Waals surface area contributed by atoms with Gasteiger partial charge in [-0.05, 0) is 55.3 Å². The Hall–Kier alpha value is -3.20. The number of ether oxygens (including phenoxy) is 2. The summed E-state index contributed by atoms with van der Waals surface area (Å²) in [6.07, 6.45) is 5.47. The van der Waals surface area contributed by atoms with Gasteiger partial charge in [0, 0.05) is 41.1 Å². The molecule has 0 saturated carbocycles. The monoisotopic (exact) mass is 434 g/mol. The molecule has 4 aromatic rings. The van der Waals surface area contributed by atoms with Crippen molar-refractivity contribution in [2.45, 2.75) is 12.8 Å². The van der Waals surface area contributed by atoms with Gasteiger partial charge < -0.3 is 19.3 Å². The third-order valence-corrected chi connectivity index (χ3v) is 6.08. The molecule has 5 rings (SSSR count). The molecule has 1 aliphatic heterocycles. The smallest absolute Gasteiger partial charge is 0.165 e. The number of aromatic amines is 1. The predicted octanol–water partition coefficient (Wildman–Crippen LogP) is 3.90. The number of rotatable bonds is 7. The van der Waals surface area contributed by atoms with Gasteiger partial charge in [-0.2, -0.15) is 0 Å². The summed E-state index contributed by atoms with van der Waals surface area (Å²) in [5.74, 6) is 1.21. The fraction of sp³-hybridized carbons (Fsp3) is 0.333. The molecule has 2 aromatic heterocycles. The van der Waals surface area contributed by atoms with Crippen LogP contribution in [0.5, 0.6) is 11.5 Å². The number of nitrogens with one attached hydrogen (secondary N) is 1. The van der Waals surface area contributed by atoms with Gasteiger partial charge in [0.05, 0.1) is 31.5 Å². The van der Waals surface area contributed by atoms with Crippen LogP contribution in [0.2, 0.25) is 0 Å². The summed E-state index contributed by atoms with van der Waals surface area (Å²) in [7, 11) is 1.70. The molecule has 8 heteroatoms. The highest BCUT2D eigenvalue weighted by atomic mass is 17.1. The number of hydrogen-bond donors (Lipinski definition) is 2. The van der Waals surface area contributed by atoms with E-state index < -0.39 is 0 Å². The van der Waals surface area contributed by atoms with E-state index in [4.69, 9.17) is 14.7 Å². The first-order valence-corrected chi connectivity index (χ1v) is 10.8. The quantitative estimate of drug-likeness (QED) is 0.337. The van der Waals surface area contributed by atoms with E-state index >= 15 is 0 Å². The molecule has 0 amide bonds. The number of methoxy groups -OCH3 is 1. The number of morpholine rings is 1. The summed E-state index contributed by atoms with van der Waals surface area (Å²) in [5.41, 5.74) is 4.66. The van der Waals surface area contributed by atoms with Gasteiger partial charge in [0.2, 0.25) is 0 Å². The van der Waals surface area contributed by atoms with E-state index in [9.17, 15) is 0 Å². The lowest BCUT2D eigenvalue weighted by atomic mass is 10.0. The molecule has 3 heterocycles. The fourth-order valence-electron chi connectivity index (χ4n) is 4.40. The van der Waals surface area contributed by atoms with Crippen LogP contribution in [0.4, 0.5) is 0 Å². The van der Waals surface area contributed by atoms with Crippen LogP contribution in [0.25, 0.3) is 33.1 Å². The van der Waals surface area contributed by atoms with Crippen LogP contribution in [0.15, 0.2) is 42.9 Å². The van der Waals surface area contributed by atoms with Crippen LogP contribution in [0.3, 0.4) is 0 Å². The minimum Gasteiger partial charge on any atom is -0.496 e. The largest absolute Gasteiger partial charge is 0.496 e. The first-order valence-electron chi connectivity index (χ1n) is 10.8. The van der Waals surface area contributed by atoms with Crippen molar-refractivity contribution >= 4 is 21.8 Å². The predicted molar refractivity (Wildman–Crippen MR) is 122 cm³/mol. The van der Waals surface area contributed by atoms with Crippen molar-refractivity contribution in [1.82, 2.24) is 19.9 Å². The van der Waals surface area contributed by atoms with Crippen molar-refractivity contribution in [2.24, 2.45) is 0 Å². The number of hydrogen-bond acceptors (Lipinski definition) is 7. The van der Waals surface area contributed by atoms with Gasteiger partial charge in [-0.15, -0.1) is 0 Å². The highest BCUT2D eigenvalue weighted by Gasteiger charge is 2.16. The average molecular weight is 434 g/mol. The molecule has 0 atom stereocenters. The maximum Gasteiger partial charge on any atom is 0.165 e.